The fourth-order valence-corrected chi connectivity index (χ4v) is 2.72. The molecule has 1 aromatic carbocycles. The van der Waals surface area contributed by atoms with Crippen molar-refractivity contribution in [1.29, 1.82) is 0 Å². The highest BCUT2D eigenvalue weighted by Crippen LogP contribution is 2.18. The van der Waals surface area contributed by atoms with Crippen molar-refractivity contribution < 1.29 is 4.79 Å². The molecule has 1 saturated carbocycles. The smallest absolute Gasteiger partial charge is 0.283 e. The molecule has 1 fully saturated rings. The van der Waals surface area contributed by atoms with Gasteiger partial charge < -0.3 is 10.6 Å². The zero-order valence-corrected chi connectivity index (χ0v) is 13.0. The second-order valence-electron chi connectivity index (χ2n) is 5.56. The van der Waals surface area contributed by atoms with Crippen LogP contribution in [-0.4, -0.2) is 16.9 Å². The average molecular weight is 290 g/mol. The number of amides is 1. The number of thiocarbonyl (C=S) groups is 1. The summed E-state index contributed by atoms with van der Waals surface area (Å²) in [6.07, 6.45) is 5.95. The van der Waals surface area contributed by atoms with Gasteiger partial charge in [-0.1, -0.05) is 37.5 Å². The molecule has 108 valence electrons. The van der Waals surface area contributed by atoms with Gasteiger partial charge in [-0.3, -0.25) is 4.79 Å². The van der Waals surface area contributed by atoms with Crippen LogP contribution in [0.4, 0.5) is 5.69 Å². The van der Waals surface area contributed by atoms with Crippen molar-refractivity contribution in [3.63, 3.8) is 0 Å². The van der Waals surface area contributed by atoms with Crippen LogP contribution in [0.3, 0.4) is 0 Å². The molecule has 20 heavy (non-hydrogen) atoms. The Morgan fingerprint density at radius 3 is 2.50 bits per heavy atom. The Morgan fingerprint density at radius 2 is 1.85 bits per heavy atom. The van der Waals surface area contributed by atoms with Gasteiger partial charge in [-0.05, 0) is 49.9 Å². The van der Waals surface area contributed by atoms with Crippen LogP contribution in [0, 0.1) is 13.8 Å². The number of carbonyl (C=O) groups excluding carboxylic acids is 1. The minimum atomic E-state index is -0.214. The molecular weight excluding hydrogens is 268 g/mol. The molecule has 1 aromatic rings. The number of anilines is 1. The monoisotopic (exact) mass is 290 g/mol. The van der Waals surface area contributed by atoms with Crippen LogP contribution in [0.5, 0.6) is 0 Å². The lowest BCUT2D eigenvalue weighted by atomic mass is 9.95. The molecule has 0 heterocycles. The Morgan fingerprint density at radius 1 is 1.15 bits per heavy atom. The molecule has 1 aliphatic carbocycles. The first-order valence-electron chi connectivity index (χ1n) is 7.25. The van der Waals surface area contributed by atoms with Gasteiger partial charge in [-0.15, -0.1) is 0 Å². The molecule has 0 aromatic heterocycles. The summed E-state index contributed by atoms with van der Waals surface area (Å²) in [5.41, 5.74) is 3.17. The molecule has 0 unspecified atom stereocenters. The molecule has 0 saturated heterocycles. The van der Waals surface area contributed by atoms with Gasteiger partial charge in [-0.25, -0.2) is 0 Å². The largest absolute Gasteiger partial charge is 0.369 e. The quantitative estimate of drug-likeness (QED) is 0.819. The summed E-state index contributed by atoms with van der Waals surface area (Å²) in [5.74, 6) is -0.214. The van der Waals surface area contributed by atoms with E-state index in [0.29, 0.717) is 11.0 Å². The second-order valence-corrected chi connectivity index (χ2v) is 5.97. The Hall–Kier alpha value is -1.42. The van der Waals surface area contributed by atoms with E-state index in [-0.39, 0.29) is 5.91 Å². The van der Waals surface area contributed by atoms with Crippen molar-refractivity contribution in [2.24, 2.45) is 0 Å². The lowest BCUT2D eigenvalue weighted by Crippen LogP contribution is -2.41. The summed E-state index contributed by atoms with van der Waals surface area (Å²) >= 11 is 5.19. The lowest BCUT2D eigenvalue weighted by molar-refractivity contribution is -0.110. The van der Waals surface area contributed by atoms with E-state index in [4.69, 9.17) is 12.2 Å². The van der Waals surface area contributed by atoms with Crippen molar-refractivity contribution >= 4 is 28.8 Å². The van der Waals surface area contributed by atoms with Crippen LogP contribution in [-0.2, 0) is 4.79 Å². The van der Waals surface area contributed by atoms with Crippen LogP contribution >= 0.6 is 12.2 Å². The third-order valence-corrected chi connectivity index (χ3v) is 4.21. The third kappa shape index (κ3) is 4.04. The Balaban J connectivity index is 1.89. The Labute approximate surface area is 126 Å². The first kappa shape index (κ1) is 15.0. The summed E-state index contributed by atoms with van der Waals surface area (Å²) in [7, 11) is 0. The van der Waals surface area contributed by atoms with Gasteiger partial charge in [-0.2, -0.15) is 0 Å². The maximum atomic E-state index is 12.1. The molecule has 1 amide bonds. The highest BCUT2D eigenvalue weighted by molar-refractivity contribution is 7.82. The zero-order valence-electron chi connectivity index (χ0n) is 12.2. The predicted molar refractivity (Wildman–Crippen MR) is 87.2 cm³/mol. The maximum absolute atomic E-state index is 12.1. The number of nitrogens with one attached hydrogen (secondary N) is 2. The van der Waals surface area contributed by atoms with Crippen molar-refractivity contribution in [2.75, 3.05) is 5.32 Å². The van der Waals surface area contributed by atoms with E-state index in [0.717, 1.165) is 24.1 Å². The predicted octanol–water partition coefficient (Wildman–Crippen LogP) is 3.49. The lowest BCUT2D eigenvalue weighted by Gasteiger charge is -2.23. The summed E-state index contributed by atoms with van der Waals surface area (Å²) in [5, 5.41) is 6.04. The molecule has 2 N–H and O–H groups in total. The van der Waals surface area contributed by atoms with Gasteiger partial charge in [0.15, 0.2) is 4.99 Å². The van der Waals surface area contributed by atoms with Crippen molar-refractivity contribution in [1.82, 2.24) is 5.32 Å². The number of benzene rings is 1. The summed E-state index contributed by atoms with van der Waals surface area (Å²) in [6, 6.07) is 6.24. The van der Waals surface area contributed by atoms with E-state index in [1.807, 2.05) is 25.1 Å². The first-order chi connectivity index (χ1) is 9.56. The molecule has 1 aliphatic rings. The molecule has 0 aliphatic heterocycles. The van der Waals surface area contributed by atoms with Crippen LogP contribution in [0.2, 0.25) is 0 Å². The van der Waals surface area contributed by atoms with Gasteiger partial charge >= 0.3 is 0 Å². The van der Waals surface area contributed by atoms with Crippen molar-refractivity contribution in [2.45, 2.75) is 52.0 Å². The van der Waals surface area contributed by atoms with E-state index < -0.39 is 0 Å². The normalized spacial score (nSPS) is 15.7. The van der Waals surface area contributed by atoms with Gasteiger partial charge in [0.1, 0.15) is 0 Å². The molecule has 0 radical (unpaired) electrons. The van der Waals surface area contributed by atoms with E-state index in [9.17, 15) is 4.79 Å². The van der Waals surface area contributed by atoms with Crippen LogP contribution in [0.25, 0.3) is 0 Å². The minimum Gasteiger partial charge on any atom is -0.369 e. The summed E-state index contributed by atoms with van der Waals surface area (Å²) < 4.78 is 0. The fourth-order valence-electron chi connectivity index (χ4n) is 2.50. The van der Waals surface area contributed by atoms with Crippen molar-refractivity contribution in [3.05, 3.63) is 29.3 Å². The summed E-state index contributed by atoms with van der Waals surface area (Å²) in [4.78, 5) is 12.4. The number of hydrogen-bond acceptors (Lipinski definition) is 2. The van der Waals surface area contributed by atoms with Gasteiger partial charge in [0.05, 0.1) is 0 Å². The zero-order chi connectivity index (χ0) is 14.5. The SMILES string of the molecule is Cc1ccc(NC(=O)C(=S)NC2CCCCC2)cc1C. The van der Waals surface area contributed by atoms with Crippen LogP contribution < -0.4 is 10.6 Å². The standard InChI is InChI=1S/C16H22N2OS/c1-11-8-9-14(10-12(11)2)17-15(19)16(20)18-13-6-4-3-5-7-13/h8-10,13H,3-7H2,1-2H3,(H,17,19)(H,18,20). The van der Waals surface area contributed by atoms with Gasteiger partial charge in [0, 0.05) is 11.7 Å². The average Bonchev–Trinajstić information content (AvgIpc) is 2.44. The van der Waals surface area contributed by atoms with E-state index in [1.54, 1.807) is 0 Å². The maximum Gasteiger partial charge on any atom is 0.283 e. The third-order valence-electron chi connectivity index (χ3n) is 3.91. The molecular formula is C16H22N2OS. The van der Waals surface area contributed by atoms with Crippen molar-refractivity contribution in [3.8, 4) is 0 Å². The number of aryl methyl sites for hydroxylation is 2. The minimum absolute atomic E-state index is 0.214. The van der Waals surface area contributed by atoms with Crippen LogP contribution in [0.1, 0.15) is 43.2 Å². The van der Waals surface area contributed by atoms with Gasteiger partial charge in [0.2, 0.25) is 0 Å². The number of rotatable bonds is 2. The molecule has 2 rings (SSSR count). The van der Waals surface area contributed by atoms with E-state index in [2.05, 4.69) is 17.6 Å². The molecule has 0 bridgehead atoms. The van der Waals surface area contributed by atoms with E-state index in [1.165, 1.54) is 24.8 Å². The molecule has 0 spiro atoms. The number of hydrogen-bond donors (Lipinski definition) is 2. The van der Waals surface area contributed by atoms with E-state index >= 15 is 0 Å². The van der Waals surface area contributed by atoms with Crippen LogP contribution in [0.15, 0.2) is 18.2 Å². The Bertz CT molecular complexity index is 507. The molecule has 3 nitrogen and oxygen atoms in total. The first-order valence-corrected chi connectivity index (χ1v) is 7.66. The second kappa shape index (κ2) is 6.84. The molecule has 4 heteroatoms. The Kier molecular flexibility index (Phi) is 5.12. The van der Waals surface area contributed by atoms with Gasteiger partial charge in [0.25, 0.3) is 5.91 Å². The summed E-state index contributed by atoms with van der Waals surface area (Å²) in [6.45, 7) is 4.08. The fraction of sp³-hybridized carbons (Fsp3) is 0.500. The number of carbonyl (C=O) groups is 1. The highest BCUT2D eigenvalue weighted by Gasteiger charge is 2.17. The topological polar surface area (TPSA) is 41.1 Å². The highest BCUT2D eigenvalue weighted by atomic mass is 32.1. The molecule has 0 atom stereocenters.